The van der Waals surface area contributed by atoms with Crippen molar-refractivity contribution >= 4 is 46.5 Å². The average Bonchev–Trinajstić information content (AvgIpc) is 3.65. The molecule has 1 saturated heterocycles. The standard InChI is InChI=1S/C28H31ClN6O6S/c1-17(36)33-7-8-34-23(14-33)30-19-5-6-35(26(25(19)34)21-13-18(16-42-21)28(38)39-2)24(37)15-41-20-3-4-22(31-27(20)29)32-9-11-40-12-10-32/h3-4,13,16,26H,5-12,14-15H2,1-2H3. The van der Waals surface area contributed by atoms with Crippen LogP contribution in [-0.4, -0.2) is 95.2 Å². The van der Waals surface area contributed by atoms with Crippen molar-refractivity contribution in [1.82, 2.24) is 24.3 Å². The number of pyridine rings is 1. The molecule has 14 heteroatoms. The highest BCUT2D eigenvalue weighted by Gasteiger charge is 2.39. The Balaban J connectivity index is 1.26. The molecule has 0 spiro atoms. The van der Waals surface area contributed by atoms with Gasteiger partial charge in [-0.3, -0.25) is 9.59 Å². The van der Waals surface area contributed by atoms with Gasteiger partial charge in [-0.05, 0) is 18.2 Å². The van der Waals surface area contributed by atoms with E-state index >= 15 is 0 Å². The number of ether oxygens (including phenoxy) is 3. The van der Waals surface area contributed by atoms with E-state index in [4.69, 9.17) is 30.8 Å². The van der Waals surface area contributed by atoms with E-state index in [-0.39, 0.29) is 23.6 Å². The molecule has 1 unspecified atom stereocenters. The summed E-state index contributed by atoms with van der Waals surface area (Å²) < 4.78 is 18.3. The van der Waals surface area contributed by atoms with Crippen LogP contribution in [-0.2, 0) is 38.6 Å². The minimum absolute atomic E-state index is 0.000157. The molecule has 6 rings (SSSR count). The molecule has 2 amide bonds. The smallest absolute Gasteiger partial charge is 0.338 e. The minimum Gasteiger partial charge on any atom is -0.481 e. The number of anilines is 1. The largest absolute Gasteiger partial charge is 0.481 e. The summed E-state index contributed by atoms with van der Waals surface area (Å²) in [4.78, 5) is 53.9. The fourth-order valence-corrected chi connectivity index (χ4v) is 6.85. The van der Waals surface area contributed by atoms with E-state index in [1.807, 2.05) is 6.07 Å². The van der Waals surface area contributed by atoms with Gasteiger partial charge in [-0.15, -0.1) is 11.3 Å². The molecule has 12 nitrogen and oxygen atoms in total. The van der Waals surface area contributed by atoms with Gasteiger partial charge in [0.15, 0.2) is 17.5 Å². The van der Waals surface area contributed by atoms with Gasteiger partial charge in [0.05, 0.1) is 43.8 Å². The van der Waals surface area contributed by atoms with Crippen molar-refractivity contribution in [2.24, 2.45) is 0 Å². The highest BCUT2D eigenvalue weighted by Crippen LogP contribution is 2.40. The second kappa shape index (κ2) is 11.9. The summed E-state index contributed by atoms with van der Waals surface area (Å²) in [6.07, 6.45) is 0.559. The van der Waals surface area contributed by atoms with Gasteiger partial charge in [0, 0.05) is 56.3 Å². The number of morpholine rings is 1. The Morgan fingerprint density at radius 3 is 2.67 bits per heavy atom. The van der Waals surface area contributed by atoms with Gasteiger partial charge in [0.25, 0.3) is 5.91 Å². The molecular weight excluding hydrogens is 584 g/mol. The van der Waals surface area contributed by atoms with Crippen LogP contribution < -0.4 is 9.64 Å². The van der Waals surface area contributed by atoms with E-state index in [1.165, 1.54) is 18.4 Å². The second-order valence-corrected chi connectivity index (χ2v) is 11.6. The number of hydrogen-bond acceptors (Lipinski definition) is 10. The van der Waals surface area contributed by atoms with Gasteiger partial charge in [-0.25, -0.2) is 14.8 Å². The third-order valence-corrected chi connectivity index (χ3v) is 9.07. The van der Waals surface area contributed by atoms with Crippen molar-refractivity contribution in [3.05, 3.63) is 56.4 Å². The Morgan fingerprint density at radius 1 is 1.12 bits per heavy atom. The van der Waals surface area contributed by atoms with Crippen molar-refractivity contribution < 1.29 is 28.6 Å². The van der Waals surface area contributed by atoms with E-state index in [0.717, 1.165) is 41.0 Å². The molecule has 0 saturated carbocycles. The van der Waals surface area contributed by atoms with Gasteiger partial charge >= 0.3 is 5.97 Å². The topological polar surface area (TPSA) is 119 Å². The Kier molecular flexibility index (Phi) is 8.06. The van der Waals surface area contributed by atoms with E-state index in [1.54, 1.807) is 34.2 Å². The number of thiophene rings is 1. The number of methoxy groups -OCH3 is 1. The first-order valence-electron chi connectivity index (χ1n) is 13.8. The van der Waals surface area contributed by atoms with Crippen molar-refractivity contribution in [1.29, 1.82) is 0 Å². The number of amides is 2. The van der Waals surface area contributed by atoms with Gasteiger partial charge in [0.2, 0.25) is 5.91 Å². The van der Waals surface area contributed by atoms with Gasteiger partial charge < -0.3 is 33.5 Å². The fourth-order valence-electron chi connectivity index (χ4n) is 5.66. The Hall–Kier alpha value is -3.68. The molecule has 3 aliphatic rings. The van der Waals surface area contributed by atoms with E-state index in [9.17, 15) is 14.4 Å². The zero-order valence-electron chi connectivity index (χ0n) is 23.4. The number of esters is 1. The lowest BCUT2D eigenvalue weighted by Crippen LogP contribution is -2.44. The molecule has 0 radical (unpaired) electrons. The zero-order valence-corrected chi connectivity index (χ0v) is 24.9. The highest BCUT2D eigenvalue weighted by atomic mass is 35.5. The monoisotopic (exact) mass is 614 g/mol. The summed E-state index contributed by atoms with van der Waals surface area (Å²) in [6, 6.07) is 4.86. The Labute approximate surface area is 251 Å². The van der Waals surface area contributed by atoms with Gasteiger partial charge in [-0.2, -0.15) is 0 Å². The molecule has 3 aromatic rings. The van der Waals surface area contributed by atoms with Crippen molar-refractivity contribution in [2.75, 3.05) is 58.0 Å². The summed E-state index contributed by atoms with van der Waals surface area (Å²) in [5.41, 5.74) is 2.22. The molecule has 222 valence electrons. The van der Waals surface area contributed by atoms with Gasteiger partial charge in [-0.1, -0.05) is 11.6 Å². The predicted octanol–water partition coefficient (Wildman–Crippen LogP) is 2.53. The predicted molar refractivity (Wildman–Crippen MR) is 154 cm³/mol. The first-order chi connectivity index (χ1) is 20.3. The number of hydrogen-bond donors (Lipinski definition) is 0. The van der Waals surface area contributed by atoms with Crippen LogP contribution in [0.25, 0.3) is 0 Å². The normalized spacial score (nSPS) is 18.4. The number of carbonyl (C=O) groups excluding carboxylic acids is 3. The van der Waals surface area contributed by atoms with Crippen LogP contribution >= 0.6 is 22.9 Å². The Bertz CT molecular complexity index is 1520. The molecule has 3 aliphatic heterocycles. The van der Waals surface area contributed by atoms with E-state index in [0.29, 0.717) is 57.1 Å². The van der Waals surface area contributed by atoms with Crippen LogP contribution in [0.15, 0.2) is 23.6 Å². The van der Waals surface area contributed by atoms with Crippen molar-refractivity contribution in [3.8, 4) is 5.75 Å². The third kappa shape index (κ3) is 5.43. The maximum atomic E-state index is 13.8. The molecule has 0 aliphatic carbocycles. The number of nitrogens with zero attached hydrogens (tertiary/aromatic N) is 6. The van der Waals surface area contributed by atoms with Crippen molar-refractivity contribution in [3.63, 3.8) is 0 Å². The molecule has 1 atom stereocenters. The summed E-state index contributed by atoms with van der Waals surface area (Å²) in [5.74, 6) is 1.18. The maximum Gasteiger partial charge on any atom is 0.338 e. The van der Waals surface area contributed by atoms with Crippen LogP contribution in [0.2, 0.25) is 5.15 Å². The first kappa shape index (κ1) is 28.4. The lowest BCUT2D eigenvalue weighted by molar-refractivity contribution is -0.135. The van der Waals surface area contributed by atoms with Crippen LogP contribution in [0.1, 0.15) is 45.4 Å². The number of fused-ring (bicyclic) bond motifs is 3. The van der Waals surface area contributed by atoms with Crippen LogP contribution in [0.3, 0.4) is 0 Å². The summed E-state index contributed by atoms with van der Waals surface area (Å²) in [6.45, 7) is 5.99. The number of rotatable bonds is 6. The molecule has 6 heterocycles. The number of aromatic nitrogens is 3. The summed E-state index contributed by atoms with van der Waals surface area (Å²) >= 11 is 7.84. The van der Waals surface area contributed by atoms with Crippen LogP contribution in [0.4, 0.5) is 5.82 Å². The summed E-state index contributed by atoms with van der Waals surface area (Å²) in [7, 11) is 1.34. The molecular formula is C28H31ClN6O6S. The maximum absolute atomic E-state index is 13.8. The molecule has 0 bridgehead atoms. The minimum atomic E-state index is -0.476. The lowest BCUT2D eigenvalue weighted by atomic mass is 10.00. The molecule has 0 aromatic carbocycles. The van der Waals surface area contributed by atoms with Gasteiger partial charge in [0.1, 0.15) is 17.7 Å². The molecule has 3 aromatic heterocycles. The Morgan fingerprint density at radius 2 is 1.93 bits per heavy atom. The molecule has 0 N–H and O–H groups in total. The molecule has 42 heavy (non-hydrogen) atoms. The zero-order chi connectivity index (χ0) is 29.4. The van der Waals surface area contributed by atoms with E-state index < -0.39 is 12.0 Å². The highest BCUT2D eigenvalue weighted by molar-refractivity contribution is 7.10. The SMILES string of the molecule is COC(=O)c1csc(C2c3c(nc4n3CCN(C(C)=O)C4)CCN2C(=O)COc2ccc(N3CCOCC3)nc2Cl)c1. The molecule has 1 fully saturated rings. The quantitative estimate of drug-likeness (QED) is 0.305. The van der Waals surface area contributed by atoms with Crippen LogP contribution in [0, 0.1) is 0 Å². The first-order valence-corrected chi connectivity index (χ1v) is 15.0. The number of imidazole rings is 1. The number of halogens is 1. The van der Waals surface area contributed by atoms with Crippen molar-refractivity contribution in [2.45, 2.75) is 32.5 Å². The third-order valence-electron chi connectivity index (χ3n) is 7.81. The lowest BCUT2D eigenvalue weighted by Gasteiger charge is -2.37. The number of carbonyl (C=O) groups is 3. The fraction of sp³-hybridized carbons (Fsp3) is 0.464. The summed E-state index contributed by atoms with van der Waals surface area (Å²) in [5, 5.41) is 1.92. The van der Waals surface area contributed by atoms with Crippen LogP contribution in [0.5, 0.6) is 5.75 Å². The van der Waals surface area contributed by atoms with E-state index in [2.05, 4.69) is 14.5 Å². The second-order valence-electron chi connectivity index (χ2n) is 10.3. The average molecular weight is 615 g/mol.